The number of ether oxygens (including phenoxy) is 1. The van der Waals surface area contributed by atoms with E-state index in [4.69, 9.17) is 4.74 Å². The number of rotatable bonds is 6. The second-order valence-electron chi connectivity index (χ2n) is 6.83. The summed E-state index contributed by atoms with van der Waals surface area (Å²) in [6.07, 6.45) is 1.31. The molecule has 9 heteroatoms. The van der Waals surface area contributed by atoms with Crippen molar-refractivity contribution in [2.45, 2.75) is 13.5 Å². The van der Waals surface area contributed by atoms with Crippen LogP contribution in [0.3, 0.4) is 0 Å². The van der Waals surface area contributed by atoms with Gasteiger partial charge in [0.2, 0.25) is 5.91 Å². The van der Waals surface area contributed by atoms with E-state index in [-0.39, 0.29) is 30.1 Å². The van der Waals surface area contributed by atoms with Crippen LogP contribution < -0.4 is 10.9 Å². The minimum absolute atomic E-state index is 0.211. The summed E-state index contributed by atoms with van der Waals surface area (Å²) in [5.41, 5.74) is 2.13. The number of esters is 1. The zero-order chi connectivity index (χ0) is 22.7. The van der Waals surface area contributed by atoms with Gasteiger partial charge in [-0.1, -0.05) is 24.3 Å². The van der Waals surface area contributed by atoms with Crippen LogP contribution >= 0.6 is 11.3 Å². The molecule has 0 aliphatic carbocycles. The van der Waals surface area contributed by atoms with Crippen LogP contribution in [0.15, 0.2) is 65.0 Å². The number of carbonyl (C=O) groups excluding carboxylic acids is 2. The number of benzene rings is 2. The van der Waals surface area contributed by atoms with Crippen molar-refractivity contribution in [1.82, 2.24) is 9.55 Å². The van der Waals surface area contributed by atoms with Crippen molar-refractivity contribution in [1.29, 1.82) is 0 Å². The Balaban J connectivity index is 1.57. The van der Waals surface area contributed by atoms with Crippen molar-refractivity contribution < 1.29 is 18.7 Å². The predicted molar refractivity (Wildman–Crippen MR) is 120 cm³/mol. The maximum Gasteiger partial charge on any atom is 0.340 e. The number of nitrogens with one attached hydrogen (secondary N) is 1. The third-order valence-electron chi connectivity index (χ3n) is 4.71. The number of hydrogen-bond donors (Lipinski definition) is 1. The summed E-state index contributed by atoms with van der Waals surface area (Å²) in [6, 6.07) is 12.4. The van der Waals surface area contributed by atoms with Gasteiger partial charge in [-0.3, -0.25) is 14.2 Å². The first kappa shape index (κ1) is 21.4. The molecule has 0 aliphatic rings. The zero-order valence-corrected chi connectivity index (χ0v) is 17.8. The molecular formula is C23H18FN3O4S. The van der Waals surface area contributed by atoms with Crippen LogP contribution in [-0.4, -0.2) is 28.0 Å². The monoisotopic (exact) mass is 451 g/mol. The van der Waals surface area contributed by atoms with Crippen molar-refractivity contribution in [2.75, 3.05) is 11.9 Å². The number of hydrogen-bond acceptors (Lipinski definition) is 6. The summed E-state index contributed by atoms with van der Waals surface area (Å²) < 4.78 is 19.8. The van der Waals surface area contributed by atoms with E-state index in [0.717, 1.165) is 11.1 Å². The van der Waals surface area contributed by atoms with Crippen LogP contribution in [-0.2, 0) is 16.1 Å². The molecule has 7 nitrogen and oxygen atoms in total. The van der Waals surface area contributed by atoms with Gasteiger partial charge in [-0.25, -0.2) is 14.2 Å². The molecule has 0 aliphatic heterocycles. The number of thiophene rings is 1. The van der Waals surface area contributed by atoms with E-state index in [9.17, 15) is 18.8 Å². The minimum atomic E-state index is -0.546. The molecule has 4 rings (SSSR count). The first-order chi connectivity index (χ1) is 15.5. The maximum absolute atomic E-state index is 13.2. The summed E-state index contributed by atoms with van der Waals surface area (Å²) in [4.78, 5) is 41.9. The molecule has 2 heterocycles. The predicted octanol–water partition coefficient (Wildman–Crippen LogP) is 4.08. The standard InChI is InChI=1S/C23H18FN3O4S/c1-2-31-23(30)16-5-3-4-6-18(16)26-19(28)11-27-13-25-20-17(12-32-21(20)22(27)29)14-7-9-15(24)10-8-14/h3-10,12-13H,2,11H2,1H3,(H,26,28). The number of nitrogens with zero attached hydrogens (tertiary/aromatic N) is 2. The van der Waals surface area contributed by atoms with Gasteiger partial charge in [0.05, 0.1) is 29.7 Å². The fourth-order valence-electron chi connectivity index (χ4n) is 3.21. The molecule has 0 saturated heterocycles. The molecule has 0 fully saturated rings. The van der Waals surface area contributed by atoms with Crippen LogP contribution in [0, 0.1) is 5.82 Å². The second-order valence-corrected chi connectivity index (χ2v) is 7.71. The van der Waals surface area contributed by atoms with Crippen LogP contribution in [0.1, 0.15) is 17.3 Å². The van der Waals surface area contributed by atoms with Gasteiger partial charge < -0.3 is 10.1 Å². The first-order valence-electron chi connectivity index (χ1n) is 9.76. The summed E-state index contributed by atoms with van der Waals surface area (Å²) in [7, 11) is 0. The van der Waals surface area contributed by atoms with Gasteiger partial charge >= 0.3 is 5.97 Å². The number of halogens is 1. The van der Waals surface area contributed by atoms with Crippen molar-refractivity contribution in [3.8, 4) is 11.1 Å². The van der Waals surface area contributed by atoms with Crippen LogP contribution in [0.5, 0.6) is 0 Å². The van der Waals surface area contributed by atoms with Gasteiger partial charge in [0.1, 0.15) is 17.1 Å². The highest BCUT2D eigenvalue weighted by atomic mass is 32.1. The SMILES string of the molecule is CCOC(=O)c1ccccc1NC(=O)Cn1cnc2c(-c3ccc(F)cc3)csc2c1=O. The topological polar surface area (TPSA) is 90.3 Å². The normalized spacial score (nSPS) is 10.8. The molecule has 1 N–H and O–H groups in total. The molecule has 32 heavy (non-hydrogen) atoms. The highest BCUT2D eigenvalue weighted by Gasteiger charge is 2.16. The molecule has 1 amide bonds. The van der Waals surface area contributed by atoms with E-state index in [1.807, 2.05) is 0 Å². The third kappa shape index (κ3) is 4.28. The summed E-state index contributed by atoms with van der Waals surface area (Å²) in [5, 5.41) is 4.43. The minimum Gasteiger partial charge on any atom is -0.462 e. The molecule has 162 valence electrons. The summed E-state index contributed by atoms with van der Waals surface area (Å²) >= 11 is 1.21. The van der Waals surface area contributed by atoms with Crippen molar-refractivity contribution in [3.63, 3.8) is 0 Å². The van der Waals surface area contributed by atoms with E-state index >= 15 is 0 Å². The molecule has 0 radical (unpaired) electrons. The lowest BCUT2D eigenvalue weighted by atomic mass is 10.1. The molecule has 2 aromatic carbocycles. The Bertz CT molecular complexity index is 1360. The number of para-hydroxylation sites is 1. The number of amides is 1. The van der Waals surface area contributed by atoms with Crippen molar-refractivity contribution in [3.05, 3.63) is 82.0 Å². The molecule has 0 spiro atoms. The average Bonchev–Trinajstić information content (AvgIpc) is 3.21. The lowest BCUT2D eigenvalue weighted by Crippen LogP contribution is -2.28. The lowest BCUT2D eigenvalue weighted by molar-refractivity contribution is -0.116. The fraction of sp³-hybridized carbons (Fsp3) is 0.130. The highest BCUT2D eigenvalue weighted by Crippen LogP contribution is 2.30. The molecule has 4 aromatic rings. The zero-order valence-electron chi connectivity index (χ0n) is 17.0. The smallest absolute Gasteiger partial charge is 0.340 e. The van der Waals surface area contributed by atoms with Gasteiger partial charge in [-0.15, -0.1) is 11.3 Å². The van der Waals surface area contributed by atoms with Gasteiger partial charge in [-0.05, 0) is 36.8 Å². The molecule has 0 bridgehead atoms. The Morgan fingerprint density at radius 1 is 1.16 bits per heavy atom. The third-order valence-corrected chi connectivity index (χ3v) is 5.67. The van der Waals surface area contributed by atoms with Crippen LogP contribution in [0.2, 0.25) is 0 Å². The average molecular weight is 451 g/mol. The molecular weight excluding hydrogens is 433 g/mol. The number of carbonyl (C=O) groups is 2. The Morgan fingerprint density at radius 3 is 2.66 bits per heavy atom. The van der Waals surface area contributed by atoms with Crippen molar-refractivity contribution in [2.24, 2.45) is 0 Å². The second kappa shape index (κ2) is 9.11. The van der Waals surface area contributed by atoms with E-state index in [2.05, 4.69) is 10.3 Å². The lowest BCUT2D eigenvalue weighted by Gasteiger charge is -2.11. The Morgan fingerprint density at radius 2 is 1.91 bits per heavy atom. The molecule has 2 aromatic heterocycles. The molecule has 0 unspecified atom stereocenters. The van der Waals surface area contributed by atoms with Gasteiger partial charge in [0.15, 0.2) is 0 Å². The van der Waals surface area contributed by atoms with Crippen LogP contribution in [0.4, 0.5) is 10.1 Å². The van der Waals surface area contributed by atoms with E-state index in [0.29, 0.717) is 15.9 Å². The van der Waals surface area contributed by atoms with E-state index in [1.165, 1.54) is 34.4 Å². The molecule has 0 saturated carbocycles. The fourth-order valence-corrected chi connectivity index (χ4v) is 4.19. The van der Waals surface area contributed by atoms with Gasteiger partial charge in [0, 0.05) is 10.9 Å². The summed E-state index contributed by atoms with van der Waals surface area (Å²) in [6.45, 7) is 1.63. The van der Waals surface area contributed by atoms with Gasteiger partial charge in [-0.2, -0.15) is 0 Å². The van der Waals surface area contributed by atoms with Crippen LogP contribution in [0.25, 0.3) is 21.3 Å². The highest BCUT2D eigenvalue weighted by molar-refractivity contribution is 7.17. The maximum atomic E-state index is 13.2. The van der Waals surface area contributed by atoms with E-state index in [1.54, 1.807) is 48.7 Å². The number of aromatic nitrogens is 2. The summed E-state index contributed by atoms with van der Waals surface area (Å²) in [5.74, 6) is -1.38. The number of anilines is 1. The Hall–Kier alpha value is -3.85. The largest absolute Gasteiger partial charge is 0.462 e. The molecule has 0 atom stereocenters. The van der Waals surface area contributed by atoms with Gasteiger partial charge in [0.25, 0.3) is 5.56 Å². The first-order valence-corrected chi connectivity index (χ1v) is 10.6. The number of fused-ring (bicyclic) bond motifs is 1. The Kier molecular flexibility index (Phi) is 6.09. The van der Waals surface area contributed by atoms with E-state index < -0.39 is 11.9 Å². The Labute approximate surface area is 186 Å². The quantitative estimate of drug-likeness (QED) is 0.446. The van der Waals surface area contributed by atoms with Crippen molar-refractivity contribution >= 4 is 39.1 Å².